The Morgan fingerprint density at radius 1 is 1.15 bits per heavy atom. The molecule has 0 atom stereocenters. The van der Waals surface area contributed by atoms with E-state index in [4.69, 9.17) is 0 Å². The second-order valence-corrected chi connectivity index (χ2v) is 8.91. The van der Waals surface area contributed by atoms with E-state index in [1.54, 1.807) is 11.3 Å². The molecule has 0 aliphatic carbocycles. The van der Waals surface area contributed by atoms with E-state index in [0.29, 0.717) is 0 Å². The van der Waals surface area contributed by atoms with Crippen LogP contribution in [-0.4, -0.2) is 66.0 Å². The number of aryl methyl sites for hydroxylation is 1. The Hall–Kier alpha value is -1.50. The van der Waals surface area contributed by atoms with Crippen molar-refractivity contribution in [3.8, 4) is 0 Å². The van der Waals surface area contributed by atoms with E-state index in [1.165, 1.54) is 25.9 Å². The third kappa shape index (κ3) is 3.77. The number of carbonyl (C=O) groups excluding carboxylic acids is 1. The molecule has 1 aromatic carbocycles. The number of benzene rings is 1. The third-order valence-electron chi connectivity index (χ3n) is 5.84. The molecule has 0 unspecified atom stereocenters. The van der Waals surface area contributed by atoms with Gasteiger partial charge in [0.1, 0.15) is 0 Å². The van der Waals surface area contributed by atoms with Gasteiger partial charge in [-0.1, -0.05) is 6.07 Å². The second kappa shape index (κ2) is 7.62. The highest BCUT2D eigenvalue weighted by Gasteiger charge is 2.28. The Bertz CT molecular complexity index is 773. The van der Waals surface area contributed by atoms with Crippen LogP contribution in [-0.2, 0) is 0 Å². The fraction of sp³-hybridized carbons (Fsp3) is 0.600. The minimum atomic E-state index is 0.0528. The highest BCUT2D eigenvalue weighted by atomic mass is 32.1. The maximum atomic E-state index is 12.8. The Morgan fingerprint density at radius 2 is 1.88 bits per heavy atom. The molecular weight excluding hydrogens is 344 g/mol. The molecule has 4 rings (SSSR count). The van der Waals surface area contributed by atoms with Gasteiger partial charge in [0, 0.05) is 25.2 Å². The number of carbonyl (C=O) groups is 1. The summed E-state index contributed by atoms with van der Waals surface area (Å²) in [5.74, 6) is 0.0528. The van der Waals surface area contributed by atoms with E-state index in [1.807, 2.05) is 25.1 Å². The maximum absolute atomic E-state index is 12.8. The summed E-state index contributed by atoms with van der Waals surface area (Å²) in [6.45, 7) is 6.61. The van der Waals surface area contributed by atoms with Gasteiger partial charge in [-0.15, -0.1) is 11.3 Å². The van der Waals surface area contributed by atoms with Gasteiger partial charge in [0.15, 0.2) is 0 Å². The van der Waals surface area contributed by atoms with Gasteiger partial charge in [-0.25, -0.2) is 4.98 Å². The lowest BCUT2D eigenvalue weighted by atomic mass is 9.98. The molecule has 26 heavy (non-hydrogen) atoms. The number of hydrogen-bond acceptors (Lipinski definition) is 5. The number of fused-ring (bicyclic) bond motifs is 1. The lowest BCUT2D eigenvalue weighted by molar-refractivity contribution is 0.0808. The Kier molecular flexibility index (Phi) is 5.25. The topological polar surface area (TPSA) is 48.5 Å². The van der Waals surface area contributed by atoms with Crippen LogP contribution in [0, 0.1) is 6.92 Å². The number of hydrogen-bond donors (Lipinski definition) is 1. The van der Waals surface area contributed by atoms with Crippen LogP contribution >= 0.6 is 11.3 Å². The van der Waals surface area contributed by atoms with Crippen LogP contribution in [0.5, 0.6) is 0 Å². The summed E-state index contributed by atoms with van der Waals surface area (Å²) in [7, 11) is 2.21. The van der Waals surface area contributed by atoms with Crippen LogP contribution in [0.3, 0.4) is 0 Å². The number of nitrogens with zero attached hydrogens (tertiary/aromatic N) is 3. The number of thiazole rings is 1. The minimum absolute atomic E-state index is 0.0528. The number of piperidine rings is 2. The molecule has 1 N–H and O–H groups in total. The van der Waals surface area contributed by atoms with E-state index in [9.17, 15) is 4.79 Å². The number of nitrogens with one attached hydrogen (secondary N) is 1. The number of amides is 1. The first-order valence-corrected chi connectivity index (χ1v) is 10.5. The average Bonchev–Trinajstić information content (AvgIpc) is 3.03. The summed E-state index contributed by atoms with van der Waals surface area (Å²) in [6, 6.07) is 6.85. The highest BCUT2D eigenvalue weighted by molar-refractivity contribution is 7.18. The van der Waals surface area contributed by atoms with Crippen LogP contribution < -0.4 is 5.32 Å². The van der Waals surface area contributed by atoms with Crippen molar-refractivity contribution in [2.24, 2.45) is 0 Å². The zero-order chi connectivity index (χ0) is 18.1. The summed E-state index contributed by atoms with van der Waals surface area (Å²) in [4.78, 5) is 22.4. The van der Waals surface area contributed by atoms with E-state index in [0.717, 1.165) is 52.8 Å². The van der Waals surface area contributed by atoms with Gasteiger partial charge in [0.2, 0.25) is 0 Å². The number of rotatable bonds is 3. The van der Waals surface area contributed by atoms with Gasteiger partial charge >= 0.3 is 0 Å². The first kappa shape index (κ1) is 17.9. The molecule has 0 spiro atoms. The van der Waals surface area contributed by atoms with E-state index >= 15 is 0 Å². The summed E-state index contributed by atoms with van der Waals surface area (Å²) in [6.07, 6.45) is 4.66. The zero-order valence-corrected chi connectivity index (χ0v) is 16.5. The predicted octanol–water partition coefficient (Wildman–Crippen LogP) is 2.89. The van der Waals surface area contributed by atoms with E-state index in [2.05, 4.69) is 27.1 Å². The van der Waals surface area contributed by atoms with Crippen molar-refractivity contribution in [3.05, 3.63) is 28.8 Å². The first-order chi connectivity index (χ1) is 12.6. The van der Waals surface area contributed by atoms with Crippen LogP contribution in [0.2, 0.25) is 0 Å². The van der Waals surface area contributed by atoms with Gasteiger partial charge in [0.25, 0.3) is 5.91 Å². The molecule has 5 nitrogen and oxygen atoms in total. The van der Waals surface area contributed by atoms with Crippen molar-refractivity contribution in [1.29, 1.82) is 0 Å². The highest BCUT2D eigenvalue weighted by Crippen LogP contribution is 2.26. The van der Waals surface area contributed by atoms with Crippen molar-refractivity contribution in [3.63, 3.8) is 0 Å². The molecule has 2 saturated heterocycles. The lowest BCUT2D eigenvalue weighted by Gasteiger charge is -2.41. The third-order valence-corrected chi connectivity index (χ3v) is 6.86. The number of aromatic nitrogens is 1. The lowest BCUT2D eigenvalue weighted by Crippen LogP contribution is -2.50. The first-order valence-electron chi connectivity index (χ1n) is 9.70. The zero-order valence-electron chi connectivity index (χ0n) is 15.7. The summed E-state index contributed by atoms with van der Waals surface area (Å²) < 4.78 is 1.01. The van der Waals surface area contributed by atoms with E-state index in [-0.39, 0.29) is 11.9 Å². The van der Waals surface area contributed by atoms with Crippen LogP contribution in [0.15, 0.2) is 18.2 Å². The van der Waals surface area contributed by atoms with Crippen molar-refractivity contribution in [2.45, 2.75) is 44.7 Å². The largest absolute Gasteiger partial charge is 0.349 e. The van der Waals surface area contributed by atoms with E-state index < -0.39 is 0 Å². The van der Waals surface area contributed by atoms with Gasteiger partial charge < -0.3 is 15.1 Å². The second-order valence-electron chi connectivity index (χ2n) is 7.70. The summed E-state index contributed by atoms with van der Waals surface area (Å²) >= 11 is 1.60. The molecule has 140 valence electrons. The molecule has 2 fully saturated rings. The van der Waals surface area contributed by atoms with Gasteiger partial charge in [-0.2, -0.15) is 0 Å². The fourth-order valence-corrected chi connectivity index (χ4v) is 5.20. The molecule has 3 heterocycles. The minimum Gasteiger partial charge on any atom is -0.349 e. The van der Waals surface area contributed by atoms with Crippen molar-refractivity contribution < 1.29 is 4.79 Å². The Morgan fingerprint density at radius 3 is 2.62 bits per heavy atom. The van der Waals surface area contributed by atoms with Crippen molar-refractivity contribution in [1.82, 2.24) is 20.1 Å². The molecule has 1 aromatic heterocycles. The Balaban J connectivity index is 1.34. The molecule has 0 bridgehead atoms. The maximum Gasteiger partial charge on any atom is 0.253 e. The smallest absolute Gasteiger partial charge is 0.253 e. The molecule has 1 amide bonds. The van der Waals surface area contributed by atoms with Gasteiger partial charge in [0.05, 0.1) is 20.8 Å². The quantitative estimate of drug-likeness (QED) is 0.900. The summed E-state index contributed by atoms with van der Waals surface area (Å²) in [5, 5.41) is 4.28. The van der Waals surface area contributed by atoms with Gasteiger partial charge in [-0.05, 0) is 64.9 Å². The molecule has 2 aliphatic rings. The molecule has 6 heteroatoms. The molecule has 2 aliphatic heterocycles. The standard InChI is InChI=1S/C20H28N4OS/c1-14-21-18-5-3-4-17(19(18)26-14)20(25)22-15-6-12-24(13-7-15)16-8-10-23(2)11-9-16/h3-5,15-16H,6-13H2,1-2H3,(H,22,25). The molecule has 0 saturated carbocycles. The van der Waals surface area contributed by atoms with Crippen LogP contribution in [0.4, 0.5) is 0 Å². The van der Waals surface area contributed by atoms with Gasteiger partial charge in [-0.3, -0.25) is 4.79 Å². The fourth-order valence-electron chi connectivity index (χ4n) is 4.27. The SMILES string of the molecule is Cc1nc2cccc(C(=O)NC3CCN(C4CCN(C)CC4)CC3)c2s1. The Labute approximate surface area is 159 Å². The monoisotopic (exact) mass is 372 g/mol. The van der Waals surface area contributed by atoms with Crippen molar-refractivity contribution >= 4 is 27.5 Å². The van der Waals surface area contributed by atoms with Crippen molar-refractivity contribution in [2.75, 3.05) is 33.2 Å². The molecule has 2 aromatic rings. The summed E-state index contributed by atoms with van der Waals surface area (Å²) in [5.41, 5.74) is 1.70. The number of likely N-dealkylation sites (tertiary alicyclic amines) is 2. The predicted molar refractivity (Wildman–Crippen MR) is 107 cm³/mol. The van der Waals surface area contributed by atoms with Crippen LogP contribution in [0.1, 0.15) is 41.0 Å². The van der Waals surface area contributed by atoms with Crippen LogP contribution in [0.25, 0.3) is 10.2 Å². The molecular formula is C20H28N4OS. The normalized spacial score (nSPS) is 21.3. The molecule has 0 radical (unpaired) electrons. The average molecular weight is 373 g/mol.